The molecule has 1 heteroatoms. The molecule has 1 atom stereocenters. The van der Waals surface area contributed by atoms with E-state index in [1.165, 1.54) is 76.2 Å². The summed E-state index contributed by atoms with van der Waals surface area (Å²) < 4.78 is 0. The van der Waals surface area contributed by atoms with E-state index in [0.29, 0.717) is 5.92 Å². The van der Waals surface area contributed by atoms with E-state index >= 15 is 0 Å². The molecule has 1 aromatic rings. The first-order valence-electron chi connectivity index (χ1n) is 10.6. The largest absolute Gasteiger partial charge is 0.303 e. The molecule has 1 rings (SSSR count). The van der Waals surface area contributed by atoms with Crippen molar-refractivity contribution in [2.75, 3.05) is 0 Å². The minimum absolute atomic E-state index is 0.278. The van der Waals surface area contributed by atoms with Gasteiger partial charge < -0.3 is 4.79 Å². The molecule has 0 aliphatic rings. The Labute approximate surface area is 156 Å². The monoisotopic (exact) mass is 344 g/mol. The molecule has 0 saturated heterocycles. The Morgan fingerprint density at radius 3 is 1.76 bits per heavy atom. The third-order valence-corrected chi connectivity index (χ3v) is 5.50. The molecule has 1 nitrogen and oxygen atoms in total. The van der Waals surface area contributed by atoms with Crippen LogP contribution in [0.4, 0.5) is 0 Å². The third-order valence-electron chi connectivity index (χ3n) is 5.50. The van der Waals surface area contributed by atoms with Gasteiger partial charge in [-0.1, -0.05) is 122 Å². The lowest BCUT2D eigenvalue weighted by molar-refractivity contribution is -0.115. The highest BCUT2D eigenvalue weighted by atomic mass is 16.1. The molecule has 0 fully saturated rings. The van der Waals surface area contributed by atoms with Crippen LogP contribution in [0.25, 0.3) is 0 Å². The van der Waals surface area contributed by atoms with Crippen molar-refractivity contribution < 1.29 is 4.79 Å². The molecule has 0 bridgehead atoms. The number of rotatable bonds is 15. The van der Waals surface area contributed by atoms with E-state index in [2.05, 4.69) is 51.1 Å². The average molecular weight is 345 g/mol. The van der Waals surface area contributed by atoms with Crippen LogP contribution in [-0.4, -0.2) is 6.29 Å². The van der Waals surface area contributed by atoms with E-state index in [9.17, 15) is 4.79 Å². The van der Waals surface area contributed by atoms with Crippen molar-refractivity contribution in [3.05, 3.63) is 35.9 Å². The minimum atomic E-state index is -0.278. The second kappa shape index (κ2) is 13.1. The van der Waals surface area contributed by atoms with Crippen molar-refractivity contribution in [1.82, 2.24) is 0 Å². The number of unbranched alkanes of at least 4 members (excludes halogenated alkanes) is 10. The molecule has 0 aromatic heterocycles. The van der Waals surface area contributed by atoms with Crippen molar-refractivity contribution in [1.29, 1.82) is 0 Å². The van der Waals surface area contributed by atoms with Crippen molar-refractivity contribution in [3.63, 3.8) is 0 Å². The maximum Gasteiger partial charge on any atom is 0.126 e. The van der Waals surface area contributed by atoms with E-state index in [-0.39, 0.29) is 5.41 Å². The standard InChI is InChI=1S/C24H40O/c1-4-5-6-7-8-9-10-11-12-13-17-20-23(24(2,3)21-25)22-18-15-14-16-19-22/h14-16,18-19,21,23H,4-13,17,20H2,1-3H3. The summed E-state index contributed by atoms with van der Waals surface area (Å²) in [6, 6.07) is 10.6. The molecule has 0 aliphatic heterocycles. The number of benzene rings is 1. The van der Waals surface area contributed by atoms with Gasteiger partial charge in [0.2, 0.25) is 0 Å². The van der Waals surface area contributed by atoms with Gasteiger partial charge in [-0.15, -0.1) is 0 Å². The fourth-order valence-corrected chi connectivity index (χ4v) is 3.75. The lowest BCUT2D eigenvalue weighted by Crippen LogP contribution is -2.23. The highest BCUT2D eigenvalue weighted by Gasteiger charge is 2.29. The van der Waals surface area contributed by atoms with Crippen LogP contribution in [0.2, 0.25) is 0 Å². The van der Waals surface area contributed by atoms with Crippen molar-refractivity contribution in [3.8, 4) is 0 Å². The summed E-state index contributed by atoms with van der Waals surface area (Å²) in [6.07, 6.45) is 17.3. The Kier molecular flexibility index (Phi) is 11.5. The molecule has 0 amide bonds. The highest BCUT2D eigenvalue weighted by Crippen LogP contribution is 2.37. The molecule has 142 valence electrons. The summed E-state index contributed by atoms with van der Waals surface area (Å²) in [6.45, 7) is 6.44. The Bertz CT molecular complexity index is 435. The predicted octanol–water partition coefficient (Wildman–Crippen LogP) is 7.70. The molecule has 0 heterocycles. The molecule has 0 radical (unpaired) electrons. The maximum atomic E-state index is 11.5. The van der Waals surface area contributed by atoms with Crippen LogP contribution < -0.4 is 0 Å². The Morgan fingerprint density at radius 1 is 0.800 bits per heavy atom. The van der Waals surface area contributed by atoms with Gasteiger partial charge in [-0.25, -0.2) is 0 Å². The smallest absolute Gasteiger partial charge is 0.126 e. The van der Waals surface area contributed by atoms with Crippen molar-refractivity contribution in [2.45, 2.75) is 104 Å². The SMILES string of the molecule is CCCCCCCCCCCCCC(c1ccccc1)C(C)(C)C=O. The van der Waals surface area contributed by atoms with Gasteiger partial charge in [0, 0.05) is 5.41 Å². The van der Waals surface area contributed by atoms with Crippen LogP contribution in [0.3, 0.4) is 0 Å². The number of aldehydes is 1. The quantitative estimate of drug-likeness (QED) is 0.235. The molecular weight excluding hydrogens is 304 g/mol. The summed E-state index contributed by atoms with van der Waals surface area (Å²) in [5.74, 6) is 0.338. The van der Waals surface area contributed by atoms with E-state index in [1.54, 1.807) is 0 Å². The van der Waals surface area contributed by atoms with E-state index in [0.717, 1.165) is 12.7 Å². The lowest BCUT2D eigenvalue weighted by atomic mass is 9.73. The van der Waals surface area contributed by atoms with Crippen molar-refractivity contribution >= 4 is 6.29 Å². The summed E-state index contributed by atoms with van der Waals surface area (Å²) in [5.41, 5.74) is 1.03. The van der Waals surface area contributed by atoms with Gasteiger partial charge in [-0.2, -0.15) is 0 Å². The Morgan fingerprint density at radius 2 is 1.28 bits per heavy atom. The highest BCUT2D eigenvalue weighted by molar-refractivity contribution is 5.60. The summed E-state index contributed by atoms with van der Waals surface area (Å²) >= 11 is 0. The number of carbonyl (C=O) groups excluding carboxylic acids is 1. The molecule has 1 unspecified atom stereocenters. The first-order chi connectivity index (χ1) is 12.1. The predicted molar refractivity (Wildman–Crippen MR) is 110 cm³/mol. The first kappa shape index (κ1) is 21.9. The van der Waals surface area contributed by atoms with Crippen LogP contribution in [-0.2, 0) is 4.79 Å². The van der Waals surface area contributed by atoms with Gasteiger partial charge in [0.15, 0.2) is 0 Å². The Hall–Kier alpha value is -1.11. The number of hydrogen-bond acceptors (Lipinski definition) is 1. The Balaban J connectivity index is 2.20. The van der Waals surface area contributed by atoms with Gasteiger partial charge in [0.1, 0.15) is 6.29 Å². The van der Waals surface area contributed by atoms with Crippen LogP contribution in [0.1, 0.15) is 109 Å². The molecular formula is C24H40O. The molecule has 0 aliphatic carbocycles. The molecule has 0 N–H and O–H groups in total. The van der Waals surface area contributed by atoms with Gasteiger partial charge in [0.25, 0.3) is 0 Å². The zero-order valence-electron chi connectivity index (χ0n) is 16.9. The fourth-order valence-electron chi connectivity index (χ4n) is 3.75. The van der Waals surface area contributed by atoms with E-state index in [4.69, 9.17) is 0 Å². The van der Waals surface area contributed by atoms with Crippen LogP contribution in [0.5, 0.6) is 0 Å². The van der Waals surface area contributed by atoms with Crippen LogP contribution >= 0.6 is 0 Å². The zero-order chi connectivity index (χ0) is 18.4. The van der Waals surface area contributed by atoms with Crippen LogP contribution in [0, 0.1) is 5.41 Å². The lowest BCUT2D eigenvalue weighted by Gasteiger charge is -2.30. The van der Waals surface area contributed by atoms with E-state index < -0.39 is 0 Å². The second-order valence-electron chi connectivity index (χ2n) is 8.23. The second-order valence-corrected chi connectivity index (χ2v) is 8.23. The summed E-state index contributed by atoms with van der Waals surface area (Å²) in [4.78, 5) is 11.5. The van der Waals surface area contributed by atoms with Gasteiger partial charge >= 0.3 is 0 Å². The molecule has 0 saturated carbocycles. The fraction of sp³-hybridized carbons (Fsp3) is 0.708. The number of carbonyl (C=O) groups is 1. The van der Waals surface area contributed by atoms with Crippen molar-refractivity contribution in [2.24, 2.45) is 5.41 Å². The van der Waals surface area contributed by atoms with Crippen LogP contribution in [0.15, 0.2) is 30.3 Å². The summed E-state index contributed by atoms with van der Waals surface area (Å²) in [5, 5.41) is 0. The molecule has 25 heavy (non-hydrogen) atoms. The normalized spacial score (nSPS) is 12.9. The van der Waals surface area contributed by atoms with Gasteiger partial charge in [-0.05, 0) is 17.9 Å². The number of hydrogen-bond donors (Lipinski definition) is 0. The topological polar surface area (TPSA) is 17.1 Å². The third kappa shape index (κ3) is 9.23. The minimum Gasteiger partial charge on any atom is -0.303 e. The molecule has 1 aromatic carbocycles. The molecule has 0 spiro atoms. The average Bonchev–Trinajstić information content (AvgIpc) is 2.63. The first-order valence-corrected chi connectivity index (χ1v) is 10.6. The maximum absolute atomic E-state index is 11.5. The van der Waals surface area contributed by atoms with E-state index in [1.807, 2.05) is 0 Å². The van der Waals surface area contributed by atoms with Gasteiger partial charge in [0.05, 0.1) is 0 Å². The van der Waals surface area contributed by atoms with Gasteiger partial charge in [-0.3, -0.25) is 0 Å². The summed E-state index contributed by atoms with van der Waals surface area (Å²) in [7, 11) is 0. The zero-order valence-corrected chi connectivity index (χ0v) is 16.9.